The number of rotatable bonds is 4. The van der Waals surface area contributed by atoms with Crippen LogP contribution in [0.1, 0.15) is 18.5 Å². The van der Waals surface area contributed by atoms with Crippen LogP contribution in [-0.4, -0.2) is 25.0 Å². The summed E-state index contributed by atoms with van der Waals surface area (Å²) in [4.78, 5) is 22.9. The van der Waals surface area contributed by atoms with Crippen LogP contribution in [0.3, 0.4) is 0 Å². The summed E-state index contributed by atoms with van der Waals surface area (Å²) in [6.07, 6.45) is 0. The van der Waals surface area contributed by atoms with E-state index in [1.165, 1.54) is 7.11 Å². The lowest BCUT2D eigenvalue weighted by molar-refractivity contribution is -0.144. The first-order valence-electron chi connectivity index (χ1n) is 5.25. The molecule has 0 fully saturated rings. The van der Waals surface area contributed by atoms with E-state index in [4.69, 9.17) is 5.73 Å². The lowest BCUT2D eigenvalue weighted by atomic mass is 10.1. The van der Waals surface area contributed by atoms with Gasteiger partial charge in [-0.15, -0.1) is 0 Å². The van der Waals surface area contributed by atoms with Gasteiger partial charge in [-0.25, -0.2) is 4.79 Å². The summed E-state index contributed by atoms with van der Waals surface area (Å²) in [5.74, 6) is -0.910. The average Bonchev–Trinajstić information content (AvgIpc) is 2.37. The summed E-state index contributed by atoms with van der Waals surface area (Å²) in [5.41, 5.74) is 6.46. The topological polar surface area (TPSA) is 81.4 Å². The van der Waals surface area contributed by atoms with Crippen LogP contribution in [0, 0.1) is 0 Å². The van der Waals surface area contributed by atoms with Crippen LogP contribution >= 0.6 is 0 Å². The van der Waals surface area contributed by atoms with Crippen molar-refractivity contribution in [3.63, 3.8) is 0 Å². The minimum atomic E-state index is -0.789. The zero-order valence-electron chi connectivity index (χ0n) is 9.84. The van der Waals surface area contributed by atoms with Gasteiger partial charge >= 0.3 is 5.97 Å². The molecule has 1 amide bonds. The maximum atomic E-state index is 11.7. The number of ether oxygens (including phenoxy) is 1. The molecule has 1 rings (SSSR count). The molecule has 1 unspecified atom stereocenters. The quantitative estimate of drug-likeness (QED) is 0.740. The van der Waals surface area contributed by atoms with Crippen molar-refractivity contribution >= 4 is 11.9 Å². The molecule has 0 saturated heterocycles. The van der Waals surface area contributed by atoms with Gasteiger partial charge in [-0.3, -0.25) is 4.79 Å². The first kappa shape index (κ1) is 13.2. The Labute approximate surface area is 99.9 Å². The lowest BCUT2D eigenvalue weighted by Crippen LogP contribution is -2.43. The number of esters is 1. The molecule has 1 aromatic rings. The lowest BCUT2D eigenvalue weighted by Gasteiger charge is -2.16. The molecule has 0 aliphatic rings. The molecular formula is C12H16N2O3. The summed E-state index contributed by atoms with van der Waals surface area (Å²) >= 11 is 0. The number of nitrogens with two attached hydrogens (primary N) is 1. The van der Waals surface area contributed by atoms with Gasteiger partial charge < -0.3 is 15.8 Å². The fourth-order valence-electron chi connectivity index (χ4n) is 1.35. The fraction of sp³-hybridized carbons (Fsp3) is 0.333. The number of carbonyl (C=O) groups excluding carboxylic acids is 2. The van der Waals surface area contributed by atoms with Crippen molar-refractivity contribution in [2.24, 2.45) is 5.73 Å². The van der Waals surface area contributed by atoms with Gasteiger partial charge in [0.2, 0.25) is 5.91 Å². The van der Waals surface area contributed by atoms with E-state index in [0.717, 1.165) is 0 Å². The van der Waals surface area contributed by atoms with E-state index in [0.29, 0.717) is 5.56 Å². The van der Waals surface area contributed by atoms with Gasteiger partial charge in [-0.05, 0) is 12.5 Å². The number of carbonyl (C=O) groups is 2. The summed E-state index contributed by atoms with van der Waals surface area (Å²) in [5, 5.41) is 2.49. The van der Waals surface area contributed by atoms with E-state index in [-0.39, 0.29) is 0 Å². The van der Waals surface area contributed by atoms with E-state index in [1.807, 2.05) is 6.07 Å². The van der Waals surface area contributed by atoms with Crippen molar-refractivity contribution in [1.82, 2.24) is 5.32 Å². The normalized spacial score (nSPS) is 13.6. The molecule has 1 aromatic carbocycles. The van der Waals surface area contributed by atoms with E-state index in [9.17, 15) is 9.59 Å². The van der Waals surface area contributed by atoms with E-state index < -0.39 is 24.0 Å². The molecule has 0 heterocycles. The maximum absolute atomic E-state index is 11.7. The molecule has 0 aliphatic heterocycles. The van der Waals surface area contributed by atoms with E-state index in [2.05, 4.69) is 10.1 Å². The SMILES string of the molecule is COC(=O)C(C)NC(=O)[C@H](N)c1ccccc1. The van der Waals surface area contributed by atoms with Gasteiger partial charge in [-0.2, -0.15) is 0 Å². The van der Waals surface area contributed by atoms with Crippen LogP contribution in [0.4, 0.5) is 0 Å². The van der Waals surface area contributed by atoms with Gasteiger partial charge in [0.1, 0.15) is 12.1 Å². The van der Waals surface area contributed by atoms with Crippen molar-refractivity contribution in [3.05, 3.63) is 35.9 Å². The molecular weight excluding hydrogens is 220 g/mol. The monoisotopic (exact) mass is 236 g/mol. The second-order valence-electron chi connectivity index (χ2n) is 3.64. The van der Waals surface area contributed by atoms with Gasteiger partial charge in [0.25, 0.3) is 0 Å². The highest BCUT2D eigenvalue weighted by Crippen LogP contribution is 2.09. The molecule has 2 atom stereocenters. The zero-order valence-corrected chi connectivity index (χ0v) is 9.84. The number of amides is 1. The number of hydrogen-bond donors (Lipinski definition) is 2. The van der Waals surface area contributed by atoms with E-state index >= 15 is 0 Å². The van der Waals surface area contributed by atoms with Gasteiger partial charge in [0.05, 0.1) is 7.11 Å². The standard InChI is InChI=1S/C12H16N2O3/c1-8(12(16)17-2)14-11(15)10(13)9-6-4-3-5-7-9/h3-8,10H,13H2,1-2H3,(H,14,15)/t8?,10-/m1/s1. The predicted octanol–water partition coefficient (Wildman–Crippen LogP) is 0.364. The third kappa shape index (κ3) is 3.57. The van der Waals surface area contributed by atoms with Crippen molar-refractivity contribution in [2.75, 3.05) is 7.11 Å². The summed E-state index contributed by atoms with van der Waals surface area (Å²) < 4.78 is 4.50. The average molecular weight is 236 g/mol. The molecule has 0 saturated carbocycles. The number of methoxy groups -OCH3 is 1. The number of benzene rings is 1. The molecule has 0 spiro atoms. The second-order valence-corrected chi connectivity index (χ2v) is 3.64. The molecule has 17 heavy (non-hydrogen) atoms. The highest BCUT2D eigenvalue weighted by Gasteiger charge is 2.21. The van der Waals surface area contributed by atoms with Crippen molar-refractivity contribution < 1.29 is 14.3 Å². The summed E-state index contributed by atoms with van der Waals surface area (Å²) in [6.45, 7) is 1.54. The Morgan fingerprint density at radius 3 is 2.41 bits per heavy atom. The van der Waals surface area contributed by atoms with Gasteiger partial charge in [0, 0.05) is 0 Å². The molecule has 0 radical (unpaired) electrons. The highest BCUT2D eigenvalue weighted by atomic mass is 16.5. The van der Waals surface area contributed by atoms with Crippen molar-refractivity contribution in [2.45, 2.75) is 19.0 Å². The van der Waals surface area contributed by atoms with Crippen LogP contribution in [0.5, 0.6) is 0 Å². The smallest absolute Gasteiger partial charge is 0.328 e. The zero-order chi connectivity index (χ0) is 12.8. The Morgan fingerprint density at radius 2 is 1.88 bits per heavy atom. The Kier molecular flexibility index (Phi) is 4.66. The van der Waals surface area contributed by atoms with Crippen LogP contribution < -0.4 is 11.1 Å². The van der Waals surface area contributed by atoms with Crippen LogP contribution in [-0.2, 0) is 14.3 Å². The minimum Gasteiger partial charge on any atom is -0.467 e. The number of hydrogen-bond acceptors (Lipinski definition) is 4. The Morgan fingerprint density at radius 1 is 1.29 bits per heavy atom. The van der Waals surface area contributed by atoms with Gasteiger partial charge in [-0.1, -0.05) is 30.3 Å². The first-order valence-corrected chi connectivity index (χ1v) is 5.25. The van der Waals surface area contributed by atoms with Crippen molar-refractivity contribution in [1.29, 1.82) is 0 Å². The van der Waals surface area contributed by atoms with Crippen LogP contribution in [0.15, 0.2) is 30.3 Å². The molecule has 0 aliphatic carbocycles. The molecule has 5 nitrogen and oxygen atoms in total. The van der Waals surface area contributed by atoms with Crippen molar-refractivity contribution in [3.8, 4) is 0 Å². The first-order chi connectivity index (χ1) is 8.06. The predicted molar refractivity (Wildman–Crippen MR) is 63.0 cm³/mol. The third-order valence-corrected chi connectivity index (χ3v) is 2.35. The van der Waals surface area contributed by atoms with Gasteiger partial charge in [0.15, 0.2) is 0 Å². The molecule has 0 bridgehead atoms. The molecule has 5 heteroatoms. The largest absolute Gasteiger partial charge is 0.467 e. The summed E-state index contributed by atoms with van der Waals surface area (Å²) in [7, 11) is 1.27. The number of nitrogens with one attached hydrogen (secondary N) is 1. The molecule has 0 aromatic heterocycles. The maximum Gasteiger partial charge on any atom is 0.328 e. The molecule has 92 valence electrons. The van der Waals surface area contributed by atoms with Crippen LogP contribution in [0.25, 0.3) is 0 Å². The molecule has 3 N–H and O–H groups in total. The third-order valence-electron chi connectivity index (χ3n) is 2.35. The highest BCUT2D eigenvalue weighted by molar-refractivity contribution is 5.87. The minimum absolute atomic E-state index is 0.408. The second kappa shape index (κ2) is 6.00. The summed E-state index contributed by atoms with van der Waals surface area (Å²) in [6, 6.07) is 7.45. The fourth-order valence-corrected chi connectivity index (χ4v) is 1.35. The van der Waals surface area contributed by atoms with Crippen LogP contribution in [0.2, 0.25) is 0 Å². The Bertz CT molecular complexity index is 392. The Balaban J connectivity index is 2.62. The Hall–Kier alpha value is -1.88. The van der Waals surface area contributed by atoms with E-state index in [1.54, 1.807) is 31.2 Å².